The molecule has 1 aliphatic heterocycles. The van der Waals surface area contributed by atoms with Crippen LogP contribution in [0, 0.1) is 5.82 Å². The van der Waals surface area contributed by atoms with E-state index in [0.29, 0.717) is 6.42 Å². The summed E-state index contributed by atoms with van der Waals surface area (Å²) in [4.78, 5) is -0.0629. The van der Waals surface area contributed by atoms with E-state index in [1.165, 1.54) is 6.07 Å². The zero-order valence-electron chi connectivity index (χ0n) is 9.73. The van der Waals surface area contributed by atoms with Crippen LogP contribution in [0.2, 0.25) is 5.02 Å². The number of sulfonamides is 1. The molecule has 0 atom stereocenters. The second-order valence-corrected chi connectivity index (χ2v) is 6.77. The van der Waals surface area contributed by atoms with E-state index >= 15 is 0 Å². The molecule has 0 spiro atoms. The Morgan fingerprint density at radius 2 is 2.11 bits per heavy atom. The highest BCUT2D eigenvalue weighted by Crippen LogP contribution is 2.31. The van der Waals surface area contributed by atoms with Gasteiger partial charge in [0.15, 0.2) is 0 Å². The second-order valence-electron chi connectivity index (χ2n) is 4.43. The van der Waals surface area contributed by atoms with E-state index < -0.39 is 21.4 Å². The van der Waals surface area contributed by atoms with Crippen molar-refractivity contribution in [1.82, 2.24) is 4.31 Å². The molecule has 0 aliphatic carbocycles. The van der Waals surface area contributed by atoms with Crippen LogP contribution in [0.15, 0.2) is 23.1 Å². The highest BCUT2D eigenvalue weighted by atomic mass is 35.5. The van der Waals surface area contributed by atoms with Crippen LogP contribution in [0.4, 0.5) is 4.39 Å². The number of hydrogen-bond acceptors (Lipinski definition) is 3. The Morgan fingerprint density at radius 1 is 1.50 bits per heavy atom. The minimum absolute atomic E-state index is 0.0564. The molecule has 0 bridgehead atoms. The van der Waals surface area contributed by atoms with E-state index in [1.807, 2.05) is 0 Å². The number of nitrogens with zero attached hydrogens (tertiary/aromatic N) is 1. The fourth-order valence-electron chi connectivity index (χ4n) is 1.79. The standard InChI is InChI=1S/C11H13ClFNO3S/c1-2-11(15)6-14(7-11)18(16,17)8-3-4-10(13)9(12)5-8/h3-5,15H,2,6-7H2,1H3. The Hall–Kier alpha value is -0.690. The van der Waals surface area contributed by atoms with Crippen LogP contribution >= 0.6 is 11.6 Å². The molecule has 0 amide bonds. The molecule has 1 aromatic rings. The summed E-state index contributed by atoms with van der Waals surface area (Å²) in [6.07, 6.45) is 0.489. The molecule has 4 nitrogen and oxygen atoms in total. The van der Waals surface area contributed by atoms with Crippen LogP contribution in [0.5, 0.6) is 0 Å². The Labute approximate surface area is 110 Å². The van der Waals surface area contributed by atoms with E-state index in [2.05, 4.69) is 0 Å². The van der Waals surface area contributed by atoms with Gasteiger partial charge in [0.1, 0.15) is 5.82 Å². The van der Waals surface area contributed by atoms with Crippen LogP contribution in [0.1, 0.15) is 13.3 Å². The van der Waals surface area contributed by atoms with Crippen molar-refractivity contribution in [3.63, 3.8) is 0 Å². The lowest BCUT2D eigenvalue weighted by molar-refractivity contribution is -0.0613. The molecule has 1 heterocycles. The SMILES string of the molecule is CCC1(O)CN(S(=O)(=O)c2ccc(F)c(Cl)c2)C1. The topological polar surface area (TPSA) is 57.6 Å². The Morgan fingerprint density at radius 3 is 2.61 bits per heavy atom. The fourth-order valence-corrected chi connectivity index (χ4v) is 3.66. The number of rotatable bonds is 3. The van der Waals surface area contributed by atoms with Crippen LogP contribution in [0.3, 0.4) is 0 Å². The van der Waals surface area contributed by atoms with Crippen molar-refractivity contribution in [1.29, 1.82) is 0 Å². The van der Waals surface area contributed by atoms with Gasteiger partial charge in [-0.3, -0.25) is 0 Å². The van der Waals surface area contributed by atoms with E-state index in [-0.39, 0.29) is 23.0 Å². The third kappa shape index (κ3) is 2.25. The zero-order valence-corrected chi connectivity index (χ0v) is 11.3. The minimum Gasteiger partial charge on any atom is -0.387 e. The second kappa shape index (κ2) is 4.45. The molecule has 1 N–H and O–H groups in total. The highest BCUT2D eigenvalue weighted by Gasteiger charge is 2.46. The Bertz CT molecular complexity index is 570. The smallest absolute Gasteiger partial charge is 0.243 e. The first kappa shape index (κ1) is 13.7. The molecule has 7 heteroatoms. The number of hydrogen-bond donors (Lipinski definition) is 1. The third-order valence-electron chi connectivity index (χ3n) is 3.13. The van der Waals surface area contributed by atoms with Crippen LogP contribution < -0.4 is 0 Å². The van der Waals surface area contributed by atoms with E-state index in [4.69, 9.17) is 11.6 Å². The van der Waals surface area contributed by atoms with Gasteiger partial charge in [-0.2, -0.15) is 4.31 Å². The van der Waals surface area contributed by atoms with Crippen LogP contribution in [-0.4, -0.2) is 36.5 Å². The molecule has 2 rings (SSSR count). The molecule has 0 radical (unpaired) electrons. The lowest BCUT2D eigenvalue weighted by Crippen LogP contribution is -2.62. The maximum atomic E-state index is 13.0. The summed E-state index contributed by atoms with van der Waals surface area (Å²) in [5.74, 6) is -0.663. The predicted molar refractivity (Wildman–Crippen MR) is 65.4 cm³/mol. The lowest BCUT2D eigenvalue weighted by atomic mass is 9.94. The van der Waals surface area contributed by atoms with Gasteiger partial charge >= 0.3 is 0 Å². The molecule has 1 saturated heterocycles. The first-order valence-corrected chi connectivity index (χ1v) is 7.28. The number of benzene rings is 1. The maximum absolute atomic E-state index is 13.0. The van der Waals surface area contributed by atoms with Gasteiger partial charge in [-0.15, -0.1) is 0 Å². The van der Waals surface area contributed by atoms with Crippen molar-refractivity contribution in [2.45, 2.75) is 23.8 Å². The average Bonchev–Trinajstić information content (AvgIpc) is 2.28. The summed E-state index contributed by atoms with van der Waals surface area (Å²) in [6, 6.07) is 3.26. The van der Waals surface area contributed by atoms with Gasteiger partial charge in [-0.25, -0.2) is 12.8 Å². The summed E-state index contributed by atoms with van der Waals surface area (Å²) < 4.78 is 38.4. The van der Waals surface area contributed by atoms with Gasteiger partial charge in [-0.1, -0.05) is 18.5 Å². The maximum Gasteiger partial charge on any atom is 0.243 e. The van der Waals surface area contributed by atoms with Gasteiger partial charge in [-0.05, 0) is 24.6 Å². The fraction of sp³-hybridized carbons (Fsp3) is 0.455. The van der Waals surface area contributed by atoms with Gasteiger partial charge < -0.3 is 5.11 Å². The minimum atomic E-state index is -3.70. The van der Waals surface area contributed by atoms with E-state index in [9.17, 15) is 17.9 Å². The zero-order chi connectivity index (χ0) is 13.6. The Balaban J connectivity index is 2.25. The molecule has 100 valence electrons. The van der Waals surface area contributed by atoms with Gasteiger partial charge in [0.25, 0.3) is 0 Å². The van der Waals surface area contributed by atoms with Crippen LogP contribution in [-0.2, 0) is 10.0 Å². The van der Waals surface area contributed by atoms with Gasteiger partial charge in [0.05, 0.1) is 15.5 Å². The monoisotopic (exact) mass is 293 g/mol. The highest BCUT2D eigenvalue weighted by molar-refractivity contribution is 7.89. The first-order chi connectivity index (χ1) is 8.28. The van der Waals surface area contributed by atoms with Crippen molar-refractivity contribution in [3.05, 3.63) is 29.0 Å². The van der Waals surface area contributed by atoms with Gasteiger partial charge in [0, 0.05) is 13.1 Å². The summed E-state index contributed by atoms with van der Waals surface area (Å²) in [5.41, 5.74) is -0.948. The van der Waals surface area contributed by atoms with Crippen molar-refractivity contribution < 1.29 is 17.9 Å². The summed E-state index contributed by atoms with van der Waals surface area (Å²) >= 11 is 5.56. The molecular formula is C11H13ClFNO3S. The van der Waals surface area contributed by atoms with Crippen molar-refractivity contribution >= 4 is 21.6 Å². The Kier molecular flexibility index (Phi) is 3.40. The van der Waals surface area contributed by atoms with Crippen molar-refractivity contribution in [2.24, 2.45) is 0 Å². The molecule has 1 aliphatic rings. The molecule has 18 heavy (non-hydrogen) atoms. The first-order valence-electron chi connectivity index (χ1n) is 5.46. The molecule has 0 unspecified atom stereocenters. The molecule has 1 fully saturated rings. The predicted octanol–water partition coefficient (Wildman–Crippen LogP) is 1.62. The summed E-state index contributed by atoms with van der Waals surface area (Å²) in [5, 5.41) is 9.57. The normalized spacial score (nSPS) is 19.6. The van der Waals surface area contributed by atoms with Gasteiger partial charge in [0.2, 0.25) is 10.0 Å². The number of halogens is 2. The number of β-amino-alcohol motifs (C(OH)–C–C–N with tert-alkyl or cyclic N) is 1. The lowest BCUT2D eigenvalue weighted by Gasteiger charge is -2.44. The number of aliphatic hydroxyl groups is 1. The van der Waals surface area contributed by atoms with Crippen molar-refractivity contribution in [2.75, 3.05) is 13.1 Å². The molecule has 1 aromatic carbocycles. The van der Waals surface area contributed by atoms with E-state index in [0.717, 1.165) is 16.4 Å². The molecular weight excluding hydrogens is 281 g/mol. The molecule has 0 aromatic heterocycles. The van der Waals surface area contributed by atoms with E-state index in [1.54, 1.807) is 6.92 Å². The summed E-state index contributed by atoms with van der Waals surface area (Å²) in [7, 11) is -3.70. The third-order valence-corrected chi connectivity index (χ3v) is 5.21. The van der Waals surface area contributed by atoms with Crippen LogP contribution in [0.25, 0.3) is 0 Å². The molecule has 0 saturated carbocycles. The van der Waals surface area contributed by atoms with Crippen molar-refractivity contribution in [3.8, 4) is 0 Å². The largest absolute Gasteiger partial charge is 0.387 e. The average molecular weight is 294 g/mol. The summed E-state index contributed by atoms with van der Waals surface area (Å²) in [6.45, 7) is 1.90. The quantitative estimate of drug-likeness (QED) is 0.921.